The summed E-state index contributed by atoms with van der Waals surface area (Å²) in [7, 11) is 0. The van der Waals surface area contributed by atoms with E-state index in [9.17, 15) is 4.79 Å². The molecule has 24 heavy (non-hydrogen) atoms. The van der Waals surface area contributed by atoms with Crippen LogP contribution in [-0.2, 0) is 6.42 Å². The van der Waals surface area contributed by atoms with Crippen molar-refractivity contribution in [1.29, 1.82) is 0 Å². The monoisotopic (exact) mass is 326 g/mol. The molecule has 0 radical (unpaired) electrons. The van der Waals surface area contributed by atoms with Gasteiger partial charge in [-0.25, -0.2) is 9.97 Å². The van der Waals surface area contributed by atoms with Gasteiger partial charge in [0.2, 0.25) is 0 Å². The Morgan fingerprint density at radius 1 is 1.00 bits per heavy atom. The Balaban J connectivity index is 2.04. The summed E-state index contributed by atoms with van der Waals surface area (Å²) in [6.07, 6.45) is 6.31. The first-order valence-electron chi connectivity index (χ1n) is 8.65. The van der Waals surface area contributed by atoms with Crippen molar-refractivity contribution in [1.82, 2.24) is 9.97 Å². The van der Waals surface area contributed by atoms with Crippen LogP contribution in [0.5, 0.6) is 0 Å². The Hall–Kier alpha value is -2.43. The summed E-state index contributed by atoms with van der Waals surface area (Å²) in [4.78, 5) is 23.2. The van der Waals surface area contributed by atoms with Crippen molar-refractivity contribution in [3.05, 3.63) is 47.9 Å². The van der Waals surface area contributed by atoms with E-state index in [1.165, 1.54) is 5.56 Å². The number of hydrogen-bond donors (Lipinski definition) is 1. The van der Waals surface area contributed by atoms with E-state index < -0.39 is 0 Å². The Morgan fingerprint density at radius 2 is 1.67 bits per heavy atom. The SMILES string of the molecule is CCCN(CCC)c1cnc(C(=O)Nc2ccc(CC)cc2)cn1. The molecule has 0 aliphatic carbocycles. The number of benzene rings is 1. The number of aryl methyl sites for hydroxylation is 1. The molecule has 0 fully saturated rings. The van der Waals surface area contributed by atoms with Crippen LogP contribution in [0.2, 0.25) is 0 Å². The second-order valence-electron chi connectivity index (χ2n) is 5.75. The largest absolute Gasteiger partial charge is 0.355 e. The standard InChI is InChI=1S/C19H26N4O/c1-4-11-23(12-5-2)18-14-20-17(13-21-18)19(24)22-16-9-7-15(6-3)8-10-16/h7-10,13-14H,4-6,11-12H2,1-3H3,(H,22,24). The van der Waals surface area contributed by atoms with Crippen LogP contribution in [0.25, 0.3) is 0 Å². The Bertz CT molecular complexity index is 631. The number of aromatic nitrogens is 2. The second-order valence-corrected chi connectivity index (χ2v) is 5.75. The minimum Gasteiger partial charge on any atom is -0.355 e. The first-order valence-corrected chi connectivity index (χ1v) is 8.65. The number of carbonyl (C=O) groups is 1. The minimum atomic E-state index is -0.240. The van der Waals surface area contributed by atoms with Gasteiger partial charge in [-0.3, -0.25) is 4.79 Å². The Labute approximate surface area is 144 Å². The molecule has 0 aliphatic rings. The van der Waals surface area contributed by atoms with Gasteiger partial charge in [-0.05, 0) is 37.0 Å². The first kappa shape index (κ1) is 17.9. The van der Waals surface area contributed by atoms with Crippen molar-refractivity contribution in [3.8, 4) is 0 Å². The van der Waals surface area contributed by atoms with Gasteiger partial charge in [-0.1, -0.05) is 32.9 Å². The maximum Gasteiger partial charge on any atom is 0.275 e. The van der Waals surface area contributed by atoms with E-state index in [4.69, 9.17) is 0 Å². The highest BCUT2D eigenvalue weighted by Gasteiger charge is 2.11. The van der Waals surface area contributed by atoms with E-state index in [1.54, 1.807) is 12.4 Å². The fourth-order valence-corrected chi connectivity index (χ4v) is 2.50. The van der Waals surface area contributed by atoms with Crippen molar-refractivity contribution in [3.63, 3.8) is 0 Å². The van der Waals surface area contributed by atoms with Crippen LogP contribution in [0.1, 0.15) is 49.7 Å². The van der Waals surface area contributed by atoms with Gasteiger partial charge in [0.15, 0.2) is 0 Å². The maximum atomic E-state index is 12.3. The third-order valence-electron chi connectivity index (χ3n) is 3.80. The Kier molecular flexibility index (Phi) is 6.73. The van der Waals surface area contributed by atoms with Crippen LogP contribution < -0.4 is 10.2 Å². The molecule has 0 bridgehead atoms. The van der Waals surface area contributed by atoms with Crippen LogP contribution in [0.3, 0.4) is 0 Å². The van der Waals surface area contributed by atoms with Crippen LogP contribution in [-0.4, -0.2) is 29.0 Å². The zero-order valence-corrected chi connectivity index (χ0v) is 14.7. The third kappa shape index (κ3) is 4.78. The topological polar surface area (TPSA) is 58.1 Å². The molecule has 128 valence electrons. The Morgan fingerprint density at radius 3 is 2.17 bits per heavy atom. The minimum absolute atomic E-state index is 0.240. The molecule has 0 spiro atoms. The number of hydrogen-bond acceptors (Lipinski definition) is 4. The van der Waals surface area contributed by atoms with Gasteiger partial charge in [0, 0.05) is 18.8 Å². The van der Waals surface area contributed by atoms with Gasteiger partial charge < -0.3 is 10.2 Å². The van der Waals surface area contributed by atoms with Crippen molar-refractivity contribution in [2.24, 2.45) is 0 Å². The van der Waals surface area contributed by atoms with Crippen molar-refractivity contribution in [2.45, 2.75) is 40.0 Å². The summed E-state index contributed by atoms with van der Waals surface area (Å²) in [6, 6.07) is 7.83. The summed E-state index contributed by atoms with van der Waals surface area (Å²) in [5.74, 6) is 0.582. The molecule has 0 saturated carbocycles. The smallest absolute Gasteiger partial charge is 0.275 e. The molecule has 0 atom stereocenters. The summed E-state index contributed by atoms with van der Waals surface area (Å²) in [5, 5.41) is 2.85. The average molecular weight is 326 g/mol. The maximum absolute atomic E-state index is 12.3. The molecule has 0 aliphatic heterocycles. The molecular weight excluding hydrogens is 300 g/mol. The van der Waals surface area contributed by atoms with Gasteiger partial charge in [-0.15, -0.1) is 0 Å². The quantitative estimate of drug-likeness (QED) is 0.799. The van der Waals surface area contributed by atoms with Gasteiger partial charge in [0.1, 0.15) is 11.5 Å². The number of nitrogens with zero attached hydrogens (tertiary/aromatic N) is 3. The summed E-state index contributed by atoms with van der Waals surface area (Å²) < 4.78 is 0. The number of carbonyl (C=O) groups excluding carboxylic acids is 1. The van der Waals surface area contributed by atoms with E-state index in [0.29, 0.717) is 5.69 Å². The molecule has 1 aromatic carbocycles. The van der Waals surface area contributed by atoms with Crippen molar-refractivity contribution in [2.75, 3.05) is 23.3 Å². The van der Waals surface area contributed by atoms with Crippen LogP contribution in [0, 0.1) is 0 Å². The predicted octanol–water partition coefficient (Wildman–Crippen LogP) is 3.92. The average Bonchev–Trinajstić information content (AvgIpc) is 2.62. The highest BCUT2D eigenvalue weighted by Crippen LogP contribution is 2.13. The second kappa shape index (κ2) is 9.01. The van der Waals surface area contributed by atoms with E-state index >= 15 is 0 Å². The van der Waals surface area contributed by atoms with Crippen LogP contribution in [0.4, 0.5) is 11.5 Å². The lowest BCUT2D eigenvalue weighted by molar-refractivity contribution is 0.102. The molecule has 1 aromatic heterocycles. The lowest BCUT2D eigenvalue weighted by Gasteiger charge is -2.22. The molecule has 0 saturated heterocycles. The van der Waals surface area contributed by atoms with Crippen molar-refractivity contribution >= 4 is 17.4 Å². The van der Waals surface area contributed by atoms with Crippen LogP contribution in [0.15, 0.2) is 36.7 Å². The van der Waals surface area contributed by atoms with E-state index in [1.807, 2.05) is 24.3 Å². The van der Waals surface area contributed by atoms with Gasteiger partial charge in [0.05, 0.1) is 12.4 Å². The van der Waals surface area contributed by atoms with E-state index in [-0.39, 0.29) is 5.91 Å². The zero-order chi connectivity index (χ0) is 17.4. The van der Waals surface area contributed by atoms with Gasteiger partial charge in [0.25, 0.3) is 5.91 Å². The summed E-state index contributed by atoms with van der Waals surface area (Å²) in [5.41, 5.74) is 2.33. The molecule has 2 aromatic rings. The fraction of sp³-hybridized carbons (Fsp3) is 0.421. The number of anilines is 2. The highest BCUT2D eigenvalue weighted by atomic mass is 16.1. The summed E-state index contributed by atoms with van der Waals surface area (Å²) in [6.45, 7) is 8.27. The number of nitrogens with one attached hydrogen (secondary N) is 1. The molecule has 1 heterocycles. The molecule has 5 nitrogen and oxygen atoms in total. The summed E-state index contributed by atoms with van der Waals surface area (Å²) >= 11 is 0. The van der Waals surface area contributed by atoms with E-state index in [0.717, 1.165) is 43.9 Å². The zero-order valence-electron chi connectivity index (χ0n) is 14.7. The lowest BCUT2D eigenvalue weighted by atomic mass is 10.1. The normalized spacial score (nSPS) is 10.5. The third-order valence-corrected chi connectivity index (χ3v) is 3.80. The molecule has 1 amide bonds. The molecule has 0 unspecified atom stereocenters. The first-order chi connectivity index (χ1) is 11.7. The number of amides is 1. The molecule has 2 rings (SSSR count). The van der Waals surface area contributed by atoms with E-state index in [2.05, 4.69) is 41.0 Å². The molecule has 1 N–H and O–H groups in total. The molecule has 5 heteroatoms. The molecular formula is C19H26N4O. The van der Waals surface area contributed by atoms with Crippen molar-refractivity contribution < 1.29 is 4.79 Å². The predicted molar refractivity (Wildman–Crippen MR) is 98.6 cm³/mol. The fourth-order valence-electron chi connectivity index (χ4n) is 2.50. The van der Waals surface area contributed by atoms with Crippen LogP contribution >= 0.6 is 0 Å². The lowest BCUT2D eigenvalue weighted by Crippen LogP contribution is -2.26. The van der Waals surface area contributed by atoms with Gasteiger partial charge >= 0.3 is 0 Å². The number of rotatable bonds is 8. The van der Waals surface area contributed by atoms with Gasteiger partial charge in [-0.2, -0.15) is 0 Å². The highest BCUT2D eigenvalue weighted by molar-refractivity contribution is 6.02.